The van der Waals surface area contributed by atoms with Gasteiger partial charge in [0.05, 0.1) is 0 Å². The second-order valence-corrected chi connectivity index (χ2v) is 3.56. The maximum atomic E-state index is 13.3. The first kappa shape index (κ1) is 12.2. The van der Waals surface area contributed by atoms with Gasteiger partial charge in [0, 0.05) is 5.69 Å². The van der Waals surface area contributed by atoms with E-state index in [2.05, 4.69) is 5.32 Å². The fourth-order valence-corrected chi connectivity index (χ4v) is 1.44. The van der Waals surface area contributed by atoms with Gasteiger partial charge in [0.1, 0.15) is 23.0 Å². The lowest BCUT2D eigenvalue weighted by Crippen LogP contribution is -2.15. The minimum absolute atomic E-state index is 0.254. The molecule has 0 bridgehead atoms. The Balaban J connectivity index is 2.25. The van der Waals surface area contributed by atoms with Crippen LogP contribution in [0.2, 0.25) is 0 Å². The van der Waals surface area contributed by atoms with Crippen LogP contribution in [0, 0.1) is 17.5 Å². The summed E-state index contributed by atoms with van der Waals surface area (Å²) in [5.74, 6) is -3.29. The lowest BCUT2D eigenvalue weighted by atomic mass is 10.2. The van der Waals surface area contributed by atoms with Crippen molar-refractivity contribution in [1.29, 1.82) is 0 Å². The van der Waals surface area contributed by atoms with Crippen LogP contribution in [0.15, 0.2) is 42.5 Å². The van der Waals surface area contributed by atoms with Crippen LogP contribution in [0.5, 0.6) is 0 Å². The van der Waals surface area contributed by atoms with E-state index in [0.29, 0.717) is 0 Å². The van der Waals surface area contributed by atoms with Gasteiger partial charge in [0.15, 0.2) is 0 Å². The molecule has 0 saturated carbocycles. The molecule has 92 valence electrons. The number of rotatable bonds is 2. The Morgan fingerprint density at radius 3 is 2.00 bits per heavy atom. The number of carbonyl (C=O) groups is 1. The summed E-state index contributed by atoms with van der Waals surface area (Å²) in [5.41, 5.74) is -0.411. The summed E-state index contributed by atoms with van der Waals surface area (Å²) >= 11 is 0. The average Bonchev–Trinajstić information content (AvgIpc) is 2.32. The molecule has 0 heterocycles. The molecule has 0 atom stereocenters. The van der Waals surface area contributed by atoms with Crippen molar-refractivity contribution >= 4 is 11.6 Å². The molecule has 0 spiro atoms. The zero-order valence-electron chi connectivity index (χ0n) is 9.08. The van der Waals surface area contributed by atoms with Crippen LogP contribution >= 0.6 is 0 Å². The fourth-order valence-electron chi connectivity index (χ4n) is 1.44. The van der Waals surface area contributed by atoms with Crippen LogP contribution in [0.3, 0.4) is 0 Å². The molecule has 0 saturated heterocycles. The van der Waals surface area contributed by atoms with Gasteiger partial charge in [-0.25, -0.2) is 13.2 Å². The molecule has 2 nitrogen and oxygen atoms in total. The van der Waals surface area contributed by atoms with E-state index in [9.17, 15) is 18.0 Å². The van der Waals surface area contributed by atoms with Crippen molar-refractivity contribution in [3.63, 3.8) is 0 Å². The molecule has 2 aromatic carbocycles. The molecule has 0 aromatic heterocycles. The number of amides is 1. The predicted molar refractivity (Wildman–Crippen MR) is 60.7 cm³/mol. The molecule has 0 aliphatic heterocycles. The quantitative estimate of drug-likeness (QED) is 0.871. The molecule has 0 radical (unpaired) electrons. The van der Waals surface area contributed by atoms with Crippen molar-refractivity contribution in [2.75, 3.05) is 5.32 Å². The lowest BCUT2D eigenvalue weighted by molar-refractivity contribution is 0.101. The third kappa shape index (κ3) is 2.51. The van der Waals surface area contributed by atoms with E-state index in [1.54, 1.807) is 0 Å². The molecule has 0 aliphatic rings. The zero-order valence-corrected chi connectivity index (χ0v) is 9.08. The van der Waals surface area contributed by atoms with E-state index in [-0.39, 0.29) is 5.69 Å². The summed E-state index contributed by atoms with van der Waals surface area (Å²) in [7, 11) is 0. The third-order valence-electron chi connectivity index (χ3n) is 2.29. The van der Waals surface area contributed by atoms with Gasteiger partial charge < -0.3 is 5.32 Å². The number of nitrogens with one attached hydrogen (secondary N) is 1. The van der Waals surface area contributed by atoms with E-state index in [1.165, 1.54) is 18.2 Å². The maximum absolute atomic E-state index is 13.3. The summed E-state index contributed by atoms with van der Waals surface area (Å²) in [6, 6.07) is 8.00. The fraction of sp³-hybridized carbons (Fsp3) is 0. The Kier molecular flexibility index (Phi) is 3.32. The summed E-state index contributed by atoms with van der Waals surface area (Å²) < 4.78 is 39.3. The summed E-state index contributed by atoms with van der Waals surface area (Å²) in [5, 5.41) is 2.28. The van der Waals surface area contributed by atoms with Gasteiger partial charge in [0.25, 0.3) is 5.91 Å². The first-order valence-corrected chi connectivity index (χ1v) is 5.09. The molecular formula is C13H8F3NO. The van der Waals surface area contributed by atoms with Crippen LogP contribution in [0.4, 0.5) is 18.9 Å². The maximum Gasteiger partial charge on any atom is 0.261 e. The normalized spacial score (nSPS) is 10.2. The van der Waals surface area contributed by atoms with Crippen molar-refractivity contribution in [1.82, 2.24) is 0 Å². The molecule has 0 fully saturated rings. The Hall–Kier alpha value is -2.30. The van der Waals surface area contributed by atoms with Crippen LogP contribution in [-0.4, -0.2) is 5.91 Å². The number of benzene rings is 2. The molecule has 18 heavy (non-hydrogen) atoms. The topological polar surface area (TPSA) is 29.1 Å². The Labute approximate surface area is 101 Å². The Bertz CT molecular complexity index is 561. The Morgan fingerprint density at radius 2 is 1.44 bits per heavy atom. The van der Waals surface area contributed by atoms with Crippen molar-refractivity contribution in [3.05, 3.63) is 65.5 Å². The predicted octanol–water partition coefficient (Wildman–Crippen LogP) is 3.36. The van der Waals surface area contributed by atoms with E-state index in [4.69, 9.17) is 0 Å². The van der Waals surface area contributed by atoms with Crippen molar-refractivity contribution in [2.24, 2.45) is 0 Å². The number of anilines is 1. The first-order valence-electron chi connectivity index (χ1n) is 5.09. The van der Waals surface area contributed by atoms with Gasteiger partial charge in [-0.3, -0.25) is 4.79 Å². The molecule has 0 unspecified atom stereocenters. The molecule has 5 heteroatoms. The second-order valence-electron chi connectivity index (χ2n) is 3.56. The number of carbonyl (C=O) groups excluding carboxylic acids is 1. The van der Waals surface area contributed by atoms with Gasteiger partial charge in [-0.15, -0.1) is 0 Å². The second kappa shape index (κ2) is 4.91. The highest BCUT2D eigenvalue weighted by Crippen LogP contribution is 2.15. The van der Waals surface area contributed by atoms with E-state index >= 15 is 0 Å². The molecule has 1 N–H and O–H groups in total. The lowest BCUT2D eigenvalue weighted by Gasteiger charge is -2.06. The van der Waals surface area contributed by atoms with E-state index < -0.39 is 28.9 Å². The summed E-state index contributed by atoms with van der Waals surface area (Å²) in [4.78, 5) is 11.7. The highest BCUT2D eigenvalue weighted by Gasteiger charge is 2.16. The van der Waals surface area contributed by atoms with Gasteiger partial charge in [0.2, 0.25) is 0 Å². The summed E-state index contributed by atoms with van der Waals surface area (Å²) in [6.45, 7) is 0. The van der Waals surface area contributed by atoms with Crippen LogP contribution in [-0.2, 0) is 0 Å². The van der Waals surface area contributed by atoms with E-state index in [1.807, 2.05) is 0 Å². The molecule has 2 aromatic rings. The molecule has 1 amide bonds. The van der Waals surface area contributed by atoms with Gasteiger partial charge in [-0.05, 0) is 36.4 Å². The Morgan fingerprint density at radius 1 is 0.889 bits per heavy atom. The van der Waals surface area contributed by atoms with Crippen LogP contribution < -0.4 is 5.32 Å². The number of hydrogen-bond acceptors (Lipinski definition) is 1. The smallest absolute Gasteiger partial charge is 0.261 e. The van der Waals surface area contributed by atoms with Gasteiger partial charge in [-0.2, -0.15) is 0 Å². The highest BCUT2D eigenvalue weighted by molar-refractivity contribution is 6.04. The van der Waals surface area contributed by atoms with Crippen molar-refractivity contribution in [2.45, 2.75) is 0 Å². The van der Waals surface area contributed by atoms with Gasteiger partial charge >= 0.3 is 0 Å². The third-order valence-corrected chi connectivity index (χ3v) is 2.29. The largest absolute Gasteiger partial charge is 0.322 e. The minimum atomic E-state index is -0.949. The standard InChI is InChI=1S/C13H8F3NO/c14-8-4-6-9(7-5-8)17-13(18)12-10(15)2-1-3-11(12)16/h1-7H,(H,17,18). The SMILES string of the molecule is O=C(Nc1ccc(F)cc1)c1c(F)cccc1F. The summed E-state index contributed by atoms with van der Waals surface area (Å²) in [6.07, 6.45) is 0. The first-order chi connectivity index (χ1) is 8.58. The van der Waals surface area contributed by atoms with Crippen molar-refractivity contribution in [3.8, 4) is 0 Å². The molecule has 0 aliphatic carbocycles. The monoisotopic (exact) mass is 251 g/mol. The van der Waals surface area contributed by atoms with Crippen LogP contribution in [0.1, 0.15) is 10.4 Å². The zero-order chi connectivity index (χ0) is 13.1. The van der Waals surface area contributed by atoms with Crippen molar-refractivity contribution < 1.29 is 18.0 Å². The number of halogens is 3. The minimum Gasteiger partial charge on any atom is -0.322 e. The average molecular weight is 251 g/mol. The molecule has 2 rings (SSSR count). The number of hydrogen-bond donors (Lipinski definition) is 1. The van der Waals surface area contributed by atoms with Crippen LogP contribution in [0.25, 0.3) is 0 Å². The molecular weight excluding hydrogens is 243 g/mol. The van der Waals surface area contributed by atoms with E-state index in [0.717, 1.165) is 24.3 Å². The van der Waals surface area contributed by atoms with Gasteiger partial charge in [-0.1, -0.05) is 6.07 Å². The highest BCUT2D eigenvalue weighted by atomic mass is 19.1.